The Bertz CT molecular complexity index is 455. The molecule has 0 amide bonds. The molecule has 2 nitrogen and oxygen atoms in total. The van der Waals surface area contributed by atoms with E-state index in [1.807, 2.05) is 12.1 Å². The fourth-order valence-corrected chi connectivity index (χ4v) is 3.57. The fourth-order valence-electron chi connectivity index (χ4n) is 3.57. The molecule has 0 spiro atoms. The average Bonchev–Trinajstić information content (AvgIpc) is 2.94. The molecule has 1 saturated carbocycles. The van der Waals surface area contributed by atoms with Gasteiger partial charge in [0.2, 0.25) is 0 Å². The third-order valence-corrected chi connectivity index (χ3v) is 4.64. The van der Waals surface area contributed by atoms with Crippen LogP contribution in [0.3, 0.4) is 0 Å². The maximum Gasteiger partial charge on any atom is 0.0940 e. The predicted molar refractivity (Wildman–Crippen MR) is 65.3 cm³/mol. The van der Waals surface area contributed by atoms with E-state index in [1.165, 1.54) is 11.1 Å². The van der Waals surface area contributed by atoms with Crippen molar-refractivity contribution < 1.29 is 5.11 Å². The maximum atomic E-state index is 10.8. The maximum absolute atomic E-state index is 10.8. The Hall–Kier alpha value is -1.33. The van der Waals surface area contributed by atoms with E-state index in [-0.39, 0.29) is 0 Å². The number of aliphatic hydroxyl groups is 1. The van der Waals surface area contributed by atoms with Gasteiger partial charge in [0.1, 0.15) is 0 Å². The topological polar surface area (TPSA) is 44.0 Å². The molecular formula is C15H17NO. The number of hydrogen-bond donors (Lipinski definition) is 1. The minimum absolute atomic E-state index is 0.576. The van der Waals surface area contributed by atoms with Gasteiger partial charge >= 0.3 is 0 Å². The van der Waals surface area contributed by atoms with Gasteiger partial charge in [0, 0.05) is 0 Å². The normalized spacial score (nSPS) is 24.2. The Kier molecular flexibility index (Phi) is 2.27. The quantitative estimate of drug-likeness (QED) is 0.801. The number of rotatable bonds is 1. The van der Waals surface area contributed by atoms with Crippen molar-refractivity contribution in [3.05, 3.63) is 35.4 Å². The van der Waals surface area contributed by atoms with Crippen LogP contribution in [0, 0.1) is 16.7 Å². The third-order valence-electron chi connectivity index (χ3n) is 4.64. The lowest BCUT2D eigenvalue weighted by atomic mass is 9.69. The smallest absolute Gasteiger partial charge is 0.0940 e. The summed E-state index contributed by atoms with van der Waals surface area (Å²) < 4.78 is 0. The molecule has 2 aliphatic carbocycles. The lowest BCUT2D eigenvalue weighted by Crippen LogP contribution is -2.46. The third kappa shape index (κ3) is 1.42. The standard InChI is InChI=1S/C15H17NO/c16-11-14(15(17)7-3-4-8-15)9-12-5-1-2-6-13(12)10-14/h1-2,5-6,17H,3-4,7-10H2. The number of nitriles is 1. The fraction of sp³-hybridized carbons (Fsp3) is 0.533. The minimum Gasteiger partial charge on any atom is -0.388 e. The van der Waals surface area contributed by atoms with E-state index in [1.54, 1.807) is 0 Å². The Morgan fingerprint density at radius 1 is 1.06 bits per heavy atom. The van der Waals surface area contributed by atoms with Gasteiger partial charge in [0.25, 0.3) is 0 Å². The van der Waals surface area contributed by atoms with Crippen LogP contribution in [-0.2, 0) is 12.8 Å². The molecule has 0 aromatic heterocycles. The summed E-state index contributed by atoms with van der Waals surface area (Å²) in [5, 5.41) is 20.4. The monoisotopic (exact) mass is 227 g/mol. The molecule has 0 aliphatic heterocycles. The van der Waals surface area contributed by atoms with E-state index in [4.69, 9.17) is 0 Å². The van der Waals surface area contributed by atoms with Crippen molar-refractivity contribution >= 4 is 0 Å². The van der Waals surface area contributed by atoms with Crippen LogP contribution in [0.2, 0.25) is 0 Å². The molecule has 88 valence electrons. The lowest BCUT2D eigenvalue weighted by molar-refractivity contribution is -0.0451. The minimum atomic E-state index is -0.763. The second-order valence-electron chi connectivity index (χ2n) is 5.55. The summed E-state index contributed by atoms with van der Waals surface area (Å²) in [6.45, 7) is 0. The van der Waals surface area contributed by atoms with E-state index in [0.717, 1.165) is 38.5 Å². The molecule has 0 heterocycles. The highest BCUT2D eigenvalue weighted by Gasteiger charge is 2.54. The van der Waals surface area contributed by atoms with Gasteiger partial charge in [-0.15, -0.1) is 0 Å². The van der Waals surface area contributed by atoms with Crippen LogP contribution in [-0.4, -0.2) is 10.7 Å². The van der Waals surface area contributed by atoms with Gasteiger partial charge in [-0.05, 0) is 36.8 Å². The zero-order valence-electron chi connectivity index (χ0n) is 9.95. The summed E-state index contributed by atoms with van der Waals surface area (Å²) in [7, 11) is 0. The Morgan fingerprint density at radius 2 is 1.59 bits per heavy atom. The first-order chi connectivity index (χ1) is 8.19. The molecule has 2 heteroatoms. The SMILES string of the molecule is N#CC1(C2(O)CCCC2)Cc2ccccc2C1. The first kappa shape index (κ1) is 10.8. The van der Waals surface area contributed by atoms with Gasteiger partial charge in [0.05, 0.1) is 17.1 Å². The molecule has 1 N–H and O–H groups in total. The number of fused-ring (bicyclic) bond motifs is 1. The van der Waals surface area contributed by atoms with Crippen molar-refractivity contribution in [1.29, 1.82) is 5.26 Å². The van der Waals surface area contributed by atoms with Crippen LogP contribution in [0.4, 0.5) is 0 Å². The van der Waals surface area contributed by atoms with Crippen molar-refractivity contribution in [2.24, 2.45) is 5.41 Å². The first-order valence-electron chi connectivity index (χ1n) is 6.40. The van der Waals surface area contributed by atoms with Gasteiger partial charge in [0.15, 0.2) is 0 Å². The van der Waals surface area contributed by atoms with Gasteiger partial charge in [-0.2, -0.15) is 5.26 Å². The molecule has 0 saturated heterocycles. The average molecular weight is 227 g/mol. The largest absolute Gasteiger partial charge is 0.388 e. The second-order valence-corrected chi connectivity index (χ2v) is 5.55. The summed E-state index contributed by atoms with van der Waals surface area (Å²) in [6, 6.07) is 10.7. The van der Waals surface area contributed by atoms with E-state index in [2.05, 4.69) is 18.2 Å². The summed E-state index contributed by atoms with van der Waals surface area (Å²) in [4.78, 5) is 0. The molecule has 0 unspecified atom stereocenters. The van der Waals surface area contributed by atoms with Crippen molar-refractivity contribution in [3.63, 3.8) is 0 Å². The molecule has 17 heavy (non-hydrogen) atoms. The molecular weight excluding hydrogens is 210 g/mol. The van der Waals surface area contributed by atoms with Crippen molar-refractivity contribution in [3.8, 4) is 6.07 Å². The highest BCUT2D eigenvalue weighted by molar-refractivity contribution is 5.39. The number of hydrogen-bond acceptors (Lipinski definition) is 2. The summed E-state index contributed by atoms with van der Waals surface area (Å²) in [5.41, 5.74) is 1.15. The zero-order valence-corrected chi connectivity index (χ0v) is 9.95. The van der Waals surface area contributed by atoms with E-state index < -0.39 is 11.0 Å². The van der Waals surface area contributed by atoms with E-state index in [0.29, 0.717) is 0 Å². The Balaban J connectivity index is 2.01. The van der Waals surface area contributed by atoms with Gasteiger partial charge in [-0.1, -0.05) is 37.1 Å². The Labute approximate surface area is 102 Å². The molecule has 2 aliphatic rings. The molecule has 0 bridgehead atoms. The molecule has 1 aromatic carbocycles. The first-order valence-corrected chi connectivity index (χ1v) is 6.40. The van der Waals surface area contributed by atoms with Crippen molar-refractivity contribution in [2.75, 3.05) is 0 Å². The molecule has 0 atom stereocenters. The summed E-state index contributed by atoms with van der Waals surface area (Å²) >= 11 is 0. The van der Waals surface area contributed by atoms with Crippen LogP contribution in [0.1, 0.15) is 36.8 Å². The summed E-state index contributed by atoms with van der Waals surface area (Å²) in [6.07, 6.45) is 5.11. The van der Waals surface area contributed by atoms with Crippen LogP contribution in [0.25, 0.3) is 0 Å². The second kappa shape index (κ2) is 3.58. The molecule has 3 rings (SSSR count). The molecule has 0 radical (unpaired) electrons. The van der Waals surface area contributed by atoms with E-state index in [9.17, 15) is 10.4 Å². The number of benzene rings is 1. The van der Waals surface area contributed by atoms with Crippen molar-refractivity contribution in [2.45, 2.75) is 44.1 Å². The van der Waals surface area contributed by atoms with E-state index >= 15 is 0 Å². The van der Waals surface area contributed by atoms with Crippen LogP contribution in [0.5, 0.6) is 0 Å². The van der Waals surface area contributed by atoms with Gasteiger partial charge < -0.3 is 5.11 Å². The summed E-state index contributed by atoms with van der Waals surface area (Å²) in [5.74, 6) is 0. The van der Waals surface area contributed by atoms with Crippen LogP contribution in [0.15, 0.2) is 24.3 Å². The predicted octanol–water partition coefficient (Wildman–Crippen LogP) is 2.60. The Morgan fingerprint density at radius 3 is 2.06 bits per heavy atom. The van der Waals surface area contributed by atoms with Crippen LogP contribution < -0.4 is 0 Å². The highest BCUT2D eigenvalue weighted by atomic mass is 16.3. The van der Waals surface area contributed by atoms with Crippen molar-refractivity contribution in [1.82, 2.24) is 0 Å². The van der Waals surface area contributed by atoms with Gasteiger partial charge in [-0.3, -0.25) is 0 Å². The van der Waals surface area contributed by atoms with Gasteiger partial charge in [-0.25, -0.2) is 0 Å². The number of nitrogens with zero attached hydrogens (tertiary/aromatic N) is 1. The zero-order chi connectivity index (χ0) is 11.9. The highest BCUT2D eigenvalue weighted by Crippen LogP contribution is 2.51. The van der Waals surface area contributed by atoms with Crippen LogP contribution >= 0.6 is 0 Å². The molecule has 1 fully saturated rings. The molecule has 1 aromatic rings. The lowest BCUT2D eigenvalue weighted by Gasteiger charge is -2.37.